The molecule has 120 valence electrons. The van der Waals surface area contributed by atoms with E-state index in [-0.39, 0.29) is 47.4 Å². The van der Waals surface area contributed by atoms with Crippen LogP contribution in [0.1, 0.15) is 24.4 Å². The number of aromatic hydroxyl groups is 1. The fraction of sp³-hybridized carbons (Fsp3) is 0.571. The second-order valence-corrected chi connectivity index (χ2v) is 5.77. The van der Waals surface area contributed by atoms with Gasteiger partial charge in [0.2, 0.25) is 0 Å². The van der Waals surface area contributed by atoms with Crippen LogP contribution in [0, 0.1) is 11.7 Å². The van der Waals surface area contributed by atoms with Crippen molar-refractivity contribution in [3.8, 4) is 5.75 Å². The van der Waals surface area contributed by atoms with Gasteiger partial charge in [-0.2, -0.15) is 0 Å². The van der Waals surface area contributed by atoms with Crippen molar-refractivity contribution in [1.82, 2.24) is 10.2 Å². The Morgan fingerprint density at radius 1 is 1.24 bits per heavy atom. The number of halogens is 4. The lowest BCUT2D eigenvalue weighted by Crippen LogP contribution is -2.45. The third-order valence-corrected chi connectivity index (χ3v) is 4.33. The fourth-order valence-electron chi connectivity index (χ4n) is 2.93. The number of hydrogen-bond acceptors (Lipinski definition) is 3. The lowest BCUT2D eigenvalue weighted by Gasteiger charge is -2.36. The van der Waals surface area contributed by atoms with Crippen molar-refractivity contribution < 1.29 is 9.50 Å². The van der Waals surface area contributed by atoms with Crippen LogP contribution < -0.4 is 5.32 Å². The SMILES string of the molecule is Cl.Cl.Oc1c(Cl)ccc(F)c1[C@@H](C1CC1)N1CCNCC1. The molecule has 1 aliphatic heterocycles. The molecule has 1 saturated heterocycles. The molecule has 1 aromatic carbocycles. The third-order valence-electron chi connectivity index (χ3n) is 4.02. The van der Waals surface area contributed by atoms with Crippen molar-refractivity contribution >= 4 is 36.4 Å². The zero-order valence-corrected chi connectivity index (χ0v) is 13.9. The second-order valence-electron chi connectivity index (χ2n) is 5.36. The Morgan fingerprint density at radius 3 is 2.43 bits per heavy atom. The predicted octanol–water partition coefficient (Wildman–Crippen LogP) is 3.38. The molecule has 0 bridgehead atoms. The number of phenols is 1. The molecule has 1 aliphatic carbocycles. The van der Waals surface area contributed by atoms with Crippen molar-refractivity contribution in [2.75, 3.05) is 26.2 Å². The normalized spacial score (nSPS) is 20.3. The molecule has 2 fully saturated rings. The summed E-state index contributed by atoms with van der Waals surface area (Å²) in [4.78, 5) is 2.27. The summed E-state index contributed by atoms with van der Waals surface area (Å²) in [7, 11) is 0. The van der Waals surface area contributed by atoms with E-state index in [2.05, 4.69) is 10.2 Å². The van der Waals surface area contributed by atoms with Gasteiger partial charge in [0.1, 0.15) is 11.6 Å². The summed E-state index contributed by atoms with van der Waals surface area (Å²) in [5.41, 5.74) is 0.386. The smallest absolute Gasteiger partial charge is 0.141 e. The van der Waals surface area contributed by atoms with Gasteiger partial charge in [-0.05, 0) is 30.9 Å². The van der Waals surface area contributed by atoms with Gasteiger partial charge >= 0.3 is 0 Å². The maximum Gasteiger partial charge on any atom is 0.141 e. The van der Waals surface area contributed by atoms with Crippen molar-refractivity contribution in [2.45, 2.75) is 18.9 Å². The highest BCUT2D eigenvalue weighted by molar-refractivity contribution is 6.32. The van der Waals surface area contributed by atoms with Crippen LogP contribution in [0.4, 0.5) is 4.39 Å². The van der Waals surface area contributed by atoms with Crippen LogP contribution in [0.3, 0.4) is 0 Å². The van der Waals surface area contributed by atoms with Gasteiger partial charge in [0.15, 0.2) is 0 Å². The van der Waals surface area contributed by atoms with E-state index < -0.39 is 0 Å². The molecule has 2 N–H and O–H groups in total. The van der Waals surface area contributed by atoms with Gasteiger partial charge in [-0.1, -0.05) is 11.6 Å². The first-order valence-corrected chi connectivity index (χ1v) is 7.18. The molecule has 0 radical (unpaired) electrons. The Kier molecular flexibility index (Phi) is 7.01. The zero-order chi connectivity index (χ0) is 13.4. The van der Waals surface area contributed by atoms with Crippen LogP contribution in [0.25, 0.3) is 0 Å². The highest BCUT2D eigenvalue weighted by Gasteiger charge is 2.39. The van der Waals surface area contributed by atoms with Gasteiger partial charge in [0.05, 0.1) is 5.02 Å². The van der Waals surface area contributed by atoms with E-state index in [1.165, 1.54) is 12.1 Å². The fourth-order valence-corrected chi connectivity index (χ4v) is 3.09. The van der Waals surface area contributed by atoms with Gasteiger partial charge in [0.25, 0.3) is 0 Å². The summed E-state index contributed by atoms with van der Waals surface area (Å²) in [6.07, 6.45) is 2.19. The van der Waals surface area contributed by atoms with E-state index in [1.54, 1.807) is 0 Å². The van der Waals surface area contributed by atoms with Crippen LogP contribution >= 0.6 is 36.4 Å². The monoisotopic (exact) mass is 356 g/mol. The summed E-state index contributed by atoms with van der Waals surface area (Å²) in [5.74, 6) is 0.00592. The molecule has 0 unspecified atom stereocenters. The van der Waals surface area contributed by atoms with Crippen molar-refractivity contribution in [1.29, 1.82) is 0 Å². The van der Waals surface area contributed by atoms with E-state index in [0.29, 0.717) is 11.5 Å². The average Bonchev–Trinajstić information content (AvgIpc) is 3.24. The van der Waals surface area contributed by atoms with Gasteiger partial charge < -0.3 is 10.4 Å². The highest BCUT2D eigenvalue weighted by Crippen LogP contribution is 2.48. The summed E-state index contributed by atoms with van der Waals surface area (Å²) in [6, 6.07) is 2.73. The molecule has 21 heavy (non-hydrogen) atoms. The van der Waals surface area contributed by atoms with Gasteiger partial charge in [0, 0.05) is 37.8 Å². The Hall–Kier alpha value is -0.260. The number of phenolic OH excluding ortho intramolecular Hbond substituents is 1. The Morgan fingerprint density at radius 2 is 1.86 bits per heavy atom. The van der Waals surface area contributed by atoms with Crippen LogP contribution in [-0.4, -0.2) is 36.2 Å². The summed E-state index contributed by atoms with van der Waals surface area (Å²) in [5, 5.41) is 13.7. The van der Waals surface area contributed by atoms with Gasteiger partial charge in [-0.3, -0.25) is 4.90 Å². The molecular formula is C14H20Cl3FN2O. The minimum Gasteiger partial charge on any atom is -0.506 e. The van der Waals surface area contributed by atoms with Crippen LogP contribution in [0.15, 0.2) is 12.1 Å². The lowest BCUT2D eigenvalue weighted by molar-refractivity contribution is 0.150. The molecule has 1 heterocycles. The first-order valence-electron chi connectivity index (χ1n) is 6.80. The maximum atomic E-state index is 14.2. The highest BCUT2D eigenvalue weighted by atomic mass is 35.5. The van der Waals surface area contributed by atoms with E-state index in [4.69, 9.17) is 11.6 Å². The number of nitrogens with one attached hydrogen (secondary N) is 1. The molecule has 0 spiro atoms. The Labute approximate surface area is 141 Å². The number of hydrogen-bond donors (Lipinski definition) is 2. The zero-order valence-electron chi connectivity index (χ0n) is 11.5. The molecule has 7 heteroatoms. The van der Waals surface area contributed by atoms with Gasteiger partial charge in [-0.25, -0.2) is 4.39 Å². The molecule has 3 rings (SSSR count). The number of nitrogens with zero attached hydrogens (tertiary/aromatic N) is 1. The molecule has 1 atom stereocenters. The minimum atomic E-state index is -0.350. The number of benzene rings is 1. The molecule has 1 aromatic rings. The molecule has 3 nitrogen and oxygen atoms in total. The van der Waals surface area contributed by atoms with Crippen molar-refractivity contribution in [3.63, 3.8) is 0 Å². The first-order chi connectivity index (χ1) is 9.18. The van der Waals surface area contributed by atoms with Crippen molar-refractivity contribution in [3.05, 3.63) is 28.5 Å². The van der Waals surface area contributed by atoms with Gasteiger partial charge in [-0.15, -0.1) is 24.8 Å². The Balaban J connectivity index is 0.00000110. The van der Waals surface area contributed by atoms with Crippen LogP contribution in [-0.2, 0) is 0 Å². The van der Waals surface area contributed by atoms with Crippen LogP contribution in [0.2, 0.25) is 5.02 Å². The van der Waals surface area contributed by atoms with Crippen molar-refractivity contribution in [2.24, 2.45) is 5.92 Å². The minimum absolute atomic E-state index is 0. The van der Waals surface area contributed by atoms with E-state index in [1.807, 2.05) is 0 Å². The molecular weight excluding hydrogens is 338 g/mol. The number of piperazine rings is 1. The average molecular weight is 358 g/mol. The predicted molar refractivity (Wildman–Crippen MR) is 87.5 cm³/mol. The van der Waals surface area contributed by atoms with E-state index in [9.17, 15) is 9.50 Å². The summed E-state index contributed by atoms with van der Waals surface area (Å²) in [6.45, 7) is 3.58. The molecule has 0 aromatic heterocycles. The first kappa shape index (κ1) is 18.8. The molecule has 1 saturated carbocycles. The van der Waals surface area contributed by atoms with E-state index in [0.717, 1.165) is 39.0 Å². The standard InChI is InChI=1S/C14H18ClFN2O.2ClH/c15-10-3-4-11(16)12(14(10)19)13(9-1-2-9)18-7-5-17-6-8-18;;/h3-4,9,13,17,19H,1-2,5-8H2;2*1H/t13-;;/m1../s1. The Bertz CT molecular complexity index is 480. The second kappa shape index (κ2) is 7.84. The third kappa shape index (κ3) is 3.93. The number of rotatable bonds is 3. The summed E-state index contributed by atoms with van der Waals surface area (Å²) >= 11 is 5.95. The largest absolute Gasteiger partial charge is 0.506 e. The lowest BCUT2D eigenvalue weighted by atomic mass is 9.98. The molecule has 2 aliphatic rings. The molecule has 0 amide bonds. The van der Waals surface area contributed by atoms with E-state index >= 15 is 0 Å². The maximum absolute atomic E-state index is 14.2. The van der Waals surface area contributed by atoms with Crippen LogP contribution in [0.5, 0.6) is 5.75 Å². The summed E-state index contributed by atoms with van der Waals surface area (Å²) < 4.78 is 14.2. The topological polar surface area (TPSA) is 35.5 Å². The quantitative estimate of drug-likeness (QED) is 0.870.